The Morgan fingerprint density at radius 3 is 2.78 bits per heavy atom. The van der Waals surface area contributed by atoms with Gasteiger partial charge in [-0.25, -0.2) is 0 Å². The third-order valence-electron chi connectivity index (χ3n) is 3.35. The maximum absolute atomic E-state index is 10.3. The van der Waals surface area contributed by atoms with Crippen molar-refractivity contribution in [2.75, 3.05) is 13.7 Å². The zero-order valence-corrected chi connectivity index (χ0v) is 13.8. The average molecular weight is 336 g/mol. The third-order valence-corrected chi connectivity index (χ3v) is 5.30. The highest BCUT2D eigenvalue weighted by atomic mass is 79.9. The first kappa shape index (κ1) is 16.0. The lowest BCUT2D eigenvalue weighted by Crippen LogP contribution is -2.42. The topological polar surface area (TPSA) is 41.5 Å². The van der Waals surface area contributed by atoms with Gasteiger partial charge in [-0.2, -0.15) is 0 Å². The fraction of sp³-hybridized carbons (Fsp3) is 0.692. The van der Waals surface area contributed by atoms with Gasteiger partial charge in [-0.1, -0.05) is 20.3 Å². The van der Waals surface area contributed by atoms with Gasteiger partial charge in [0, 0.05) is 18.0 Å². The lowest BCUT2D eigenvalue weighted by Gasteiger charge is -2.29. The molecule has 5 heteroatoms. The molecular formula is C13H22BrNO2S. The van der Waals surface area contributed by atoms with Crippen LogP contribution >= 0.6 is 27.3 Å². The highest BCUT2D eigenvalue weighted by molar-refractivity contribution is 9.10. The smallest absolute Gasteiger partial charge is 0.188 e. The molecule has 2 unspecified atom stereocenters. The van der Waals surface area contributed by atoms with Crippen LogP contribution in [0, 0.1) is 5.92 Å². The fourth-order valence-electron chi connectivity index (χ4n) is 1.68. The minimum absolute atomic E-state index is 0.287. The molecule has 0 saturated heterocycles. The summed E-state index contributed by atoms with van der Waals surface area (Å²) in [6, 6.07) is 2.05. The van der Waals surface area contributed by atoms with Crippen molar-refractivity contribution in [2.24, 2.45) is 5.92 Å². The third kappa shape index (κ3) is 4.23. The molecule has 1 aromatic heterocycles. The summed E-state index contributed by atoms with van der Waals surface area (Å²) in [5.41, 5.74) is -0.659. The fourth-order valence-corrected chi connectivity index (χ4v) is 3.34. The Balaban J connectivity index is 2.46. The molecule has 0 amide bonds. The van der Waals surface area contributed by atoms with E-state index < -0.39 is 5.60 Å². The monoisotopic (exact) mass is 335 g/mol. The summed E-state index contributed by atoms with van der Waals surface area (Å²) in [5, 5.41) is 14.5. The molecular weight excluding hydrogens is 314 g/mol. The van der Waals surface area contributed by atoms with Crippen molar-refractivity contribution in [2.45, 2.75) is 39.3 Å². The normalized spacial score (nSPS) is 16.3. The Bertz CT molecular complexity index is 379. The van der Waals surface area contributed by atoms with E-state index >= 15 is 0 Å². The maximum atomic E-state index is 10.3. The molecule has 104 valence electrons. The maximum Gasteiger partial charge on any atom is 0.188 e. The molecule has 1 rings (SSSR count). The highest BCUT2D eigenvalue weighted by Crippen LogP contribution is 2.34. The molecule has 2 N–H and O–H groups in total. The van der Waals surface area contributed by atoms with Crippen LogP contribution in [0.15, 0.2) is 10.5 Å². The van der Waals surface area contributed by atoms with Crippen molar-refractivity contribution in [3.05, 3.63) is 15.4 Å². The molecule has 0 aromatic carbocycles. The number of hydrogen-bond donors (Lipinski definition) is 2. The first-order valence-electron chi connectivity index (χ1n) is 6.16. The summed E-state index contributed by atoms with van der Waals surface area (Å²) in [6.07, 6.45) is 0.979. The van der Waals surface area contributed by atoms with Crippen molar-refractivity contribution in [3.63, 3.8) is 0 Å². The number of ether oxygens (including phenoxy) is 1. The first-order chi connectivity index (χ1) is 8.40. The zero-order valence-electron chi connectivity index (χ0n) is 11.4. The summed E-state index contributed by atoms with van der Waals surface area (Å²) in [7, 11) is 1.67. The molecule has 0 radical (unpaired) electrons. The number of methoxy groups -OCH3 is 1. The molecule has 0 saturated carbocycles. The van der Waals surface area contributed by atoms with Gasteiger partial charge < -0.3 is 15.2 Å². The van der Waals surface area contributed by atoms with Gasteiger partial charge in [0.15, 0.2) is 5.06 Å². The van der Waals surface area contributed by atoms with Gasteiger partial charge in [-0.15, -0.1) is 11.3 Å². The lowest BCUT2D eigenvalue weighted by molar-refractivity contribution is 0.00540. The summed E-state index contributed by atoms with van der Waals surface area (Å²) in [6.45, 7) is 7.41. The number of rotatable bonds is 7. The molecule has 0 aliphatic heterocycles. The van der Waals surface area contributed by atoms with E-state index in [9.17, 15) is 5.11 Å². The summed E-state index contributed by atoms with van der Waals surface area (Å²) < 4.78 is 6.21. The second kappa shape index (κ2) is 6.89. The molecule has 18 heavy (non-hydrogen) atoms. The van der Waals surface area contributed by atoms with Crippen LogP contribution in [0.2, 0.25) is 0 Å². The minimum atomic E-state index is -0.659. The van der Waals surface area contributed by atoms with Crippen molar-refractivity contribution in [1.29, 1.82) is 0 Å². The van der Waals surface area contributed by atoms with E-state index in [0.29, 0.717) is 6.54 Å². The van der Waals surface area contributed by atoms with E-state index in [1.54, 1.807) is 18.4 Å². The quantitative estimate of drug-likeness (QED) is 0.802. The number of halogens is 1. The van der Waals surface area contributed by atoms with Crippen LogP contribution in [0.4, 0.5) is 0 Å². The second-order valence-corrected chi connectivity index (χ2v) is 6.78. The molecule has 1 aromatic rings. The first-order valence-corrected chi connectivity index (χ1v) is 7.77. The van der Waals surface area contributed by atoms with Crippen LogP contribution in [0.25, 0.3) is 0 Å². The van der Waals surface area contributed by atoms with Gasteiger partial charge in [-0.3, -0.25) is 0 Å². The highest BCUT2D eigenvalue weighted by Gasteiger charge is 2.26. The Morgan fingerprint density at radius 2 is 2.28 bits per heavy atom. The van der Waals surface area contributed by atoms with E-state index in [1.165, 1.54) is 4.88 Å². The predicted molar refractivity (Wildman–Crippen MR) is 80.4 cm³/mol. The Morgan fingerprint density at radius 1 is 1.61 bits per heavy atom. The molecule has 0 bridgehead atoms. The van der Waals surface area contributed by atoms with Gasteiger partial charge in [0.1, 0.15) is 0 Å². The van der Waals surface area contributed by atoms with Crippen LogP contribution in [0.5, 0.6) is 5.06 Å². The SMILES string of the molecule is CCC(C)C(C)(O)CNCc1cc(Br)c(OC)s1. The Labute approximate surface area is 122 Å². The van der Waals surface area contributed by atoms with Crippen molar-refractivity contribution in [1.82, 2.24) is 5.32 Å². The summed E-state index contributed by atoms with van der Waals surface area (Å²) in [4.78, 5) is 1.19. The predicted octanol–water partition coefficient (Wildman–Crippen LogP) is 3.41. The van der Waals surface area contributed by atoms with E-state index in [0.717, 1.165) is 22.5 Å². The van der Waals surface area contributed by atoms with E-state index in [4.69, 9.17) is 4.74 Å². The standard InChI is InChI=1S/C13H22BrNO2S/c1-5-9(2)13(3,16)8-15-7-10-6-11(14)12(17-4)18-10/h6,9,15-16H,5,7-8H2,1-4H3. The second-order valence-electron chi connectivity index (χ2n) is 4.82. The zero-order chi connectivity index (χ0) is 13.8. The Kier molecular flexibility index (Phi) is 6.11. The number of nitrogens with one attached hydrogen (secondary N) is 1. The molecule has 2 atom stereocenters. The summed E-state index contributed by atoms with van der Waals surface area (Å²) >= 11 is 5.06. The van der Waals surface area contributed by atoms with E-state index in [-0.39, 0.29) is 5.92 Å². The van der Waals surface area contributed by atoms with Crippen LogP contribution in [-0.4, -0.2) is 24.4 Å². The number of aliphatic hydroxyl groups is 1. The van der Waals surface area contributed by atoms with E-state index in [2.05, 4.69) is 41.2 Å². The molecule has 0 aliphatic carbocycles. The minimum Gasteiger partial charge on any atom is -0.486 e. The molecule has 1 heterocycles. The molecule has 0 fully saturated rings. The summed E-state index contributed by atoms with van der Waals surface area (Å²) in [5.74, 6) is 0.287. The van der Waals surface area contributed by atoms with Crippen LogP contribution < -0.4 is 10.1 Å². The molecule has 0 aliphatic rings. The number of hydrogen-bond acceptors (Lipinski definition) is 4. The van der Waals surface area contributed by atoms with Gasteiger partial charge in [0.2, 0.25) is 0 Å². The van der Waals surface area contributed by atoms with Crippen molar-refractivity contribution >= 4 is 27.3 Å². The van der Waals surface area contributed by atoms with Gasteiger partial charge in [0.05, 0.1) is 17.2 Å². The van der Waals surface area contributed by atoms with Crippen molar-refractivity contribution < 1.29 is 9.84 Å². The molecule has 0 spiro atoms. The average Bonchev–Trinajstić information content (AvgIpc) is 2.68. The van der Waals surface area contributed by atoms with Crippen LogP contribution in [0.1, 0.15) is 32.1 Å². The largest absolute Gasteiger partial charge is 0.486 e. The lowest BCUT2D eigenvalue weighted by atomic mass is 9.89. The van der Waals surface area contributed by atoms with Gasteiger partial charge >= 0.3 is 0 Å². The van der Waals surface area contributed by atoms with Crippen molar-refractivity contribution in [3.8, 4) is 5.06 Å². The number of thiophene rings is 1. The van der Waals surface area contributed by atoms with Gasteiger partial charge in [-0.05, 0) is 34.8 Å². The Hall–Kier alpha value is -0.100. The van der Waals surface area contributed by atoms with Gasteiger partial charge in [0.25, 0.3) is 0 Å². The molecule has 3 nitrogen and oxygen atoms in total. The van der Waals surface area contributed by atoms with Crippen LogP contribution in [-0.2, 0) is 6.54 Å². The van der Waals surface area contributed by atoms with Crippen LogP contribution in [0.3, 0.4) is 0 Å². The van der Waals surface area contributed by atoms with E-state index in [1.807, 2.05) is 6.92 Å².